The van der Waals surface area contributed by atoms with Crippen molar-refractivity contribution in [3.63, 3.8) is 0 Å². The summed E-state index contributed by atoms with van der Waals surface area (Å²) in [6.07, 6.45) is -0.677. The molecule has 4 nitrogen and oxygen atoms in total. The van der Waals surface area contributed by atoms with Gasteiger partial charge in [-0.15, -0.1) is 0 Å². The van der Waals surface area contributed by atoms with Crippen LogP contribution in [-0.2, 0) is 0 Å². The average Bonchev–Trinajstić information content (AvgIpc) is 2.17. The number of aryl methyl sites for hydroxylation is 2. The molecule has 0 aliphatic carbocycles. The average molecular weight is 223 g/mol. The number of nitrogens with one attached hydrogen (secondary N) is 1. The van der Waals surface area contributed by atoms with E-state index in [9.17, 15) is 9.90 Å². The van der Waals surface area contributed by atoms with Gasteiger partial charge in [0, 0.05) is 6.54 Å². The summed E-state index contributed by atoms with van der Waals surface area (Å²) in [7, 11) is 1.74. The van der Waals surface area contributed by atoms with Gasteiger partial charge in [-0.05, 0) is 43.7 Å². The van der Waals surface area contributed by atoms with Gasteiger partial charge in [0.1, 0.15) is 0 Å². The molecule has 0 radical (unpaired) electrons. The molecule has 0 heterocycles. The van der Waals surface area contributed by atoms with Gasteiger partial charge in [-0.1, -0.05) is 6.07 Å². The van der Waals surface area contributed by atoms with E-state index in [-0.39, 0.29) is 5.56 Å². The smallest absolute Gasteiger partial charge is 0.335 e. The van der Waals surface area contributed by atoms with Crippen molar-refractivity contribution in [3.05, 3.63) is 34.4 Å². The fourth-order valence-corrected chi connectivity index (χ4v) is 1.76. The third kappa shape index (κ3) is 2.59. The van der Waals surface area contributed by atoms with Crippen LogP contribution in [0.4, 0.5) is 0 Å². The van der Waals surface area contributed by atoms with E-state index < -0.39 is 12.1 Å². The first kappa shape index (κ1) is 12.7. The molecular formula is C12H17NO3. The molecule has 88 valence electrons. The van der Waals surface area contributed by atoms with E-state index in [0.29, 0.717) is 17.7 Å². The molecule has 0 aliphatic heterocycles. The van der Waals surface area contributed by atoms with Crippen molar-refractivity contribution >= 4 is 5.97 Å². The Balaban J connectivity index is 3.19. The maximum absolute atomic E-state index is 11.0. The van der Waals surface area contributed by atoms with Gasteiger partial charge < -0.3 is 15.5 Å². The maximum Gasteiger partial charge on any atom is 0.335 e. The third-order valence-electron chi connectivity index (χ3n) is 2.60. The van der Waals surface area contributed by atoms with Crippen LogP contribution < -0.4 is 5.32 Å². The zero-order valence-corrected chi connectivity index (χ0v) is 9.74. The monoisotopic (exact) mass is 223 g/mol. The molecule has 1 rings (SSSR count). The standard InChI is InChI=1S/C12H17NO3/c1-7-4-8(2)10(12(15)16)5-9(7)11(14)6-13-3/h4-5,11,13-14H,6H2,1-3H3,(H,15,16). The Kier molecular flexibility index (Phi) is 4.04. The Labute approximate surface area is 94.9 Å². The first-order chi connectivity index (χ1) is 7.47. The first-order valence-electron chi connectivity index (χ1n) is 5.14. The van der Waals surface area contributed by atoms with Gasteiger partial charge in [-0.25, -0.2) is 4.79 Å². The Hall–Kier alpha value is -1.39. The number of benzene rings is 1. The number of aliphatic hydroxyl groups is 1. The number of likely N-dealkylation sites (N-methyl/N-ethyl adjacent to an activating group) is 1. The van der Waals surface area contributed by atoms with E-state index >= 15 is 0 Å². The molecule has 0 amide bonds. The summed E-state index contributed by atoms with van der Waals surface area (Å²) in [4.78, 5) is 11.0. The maximum atomic E-state index is 11.0. The highest BCUT2D eigenvalue weighted by Crippen LogP contribution is 2.21. The van der Waals surface area contributed by atoms with Crippen molar-refractivity contribution in [2.24, 2.45) is 0 Å². The predicted molar refractivity (Wildman–Crippen MR) is 61.8 cm³/mol. The van der Waals surface area contributed by atoms with E-state index in [4.69, 9.17) is 5.11 Å². The molecule has 0 aliphatic rings. The van der Waals surface area contributed by atoms with Crippen molar-refractivity contribution in [1.29, 1.82) is 0 Å². The second kappa shape index (κ2) is 5.09. The lowest BCUT2D eigenvalue weighted by Crippen LogP contribution is -2.18. The minimum absolute atomic E-state index is 0.246. The van der Waals surface area contributed by atoms with Crippen LogP contribution in [0.15, 0.2) is 12.1 Å². The highest BCUT2D eigenvalue weighted by molar-refractivity contribution is 5.89. The second-order valence-electron chi connectivity index (χ2n) is 3.90. The van der Waals surface area contributed by atoms with Gasteiger partial charge in [-0.2, -0.15) is 0 Å². The Morgan fingerprint density at radius 1 is 1.38 bits per heavy atom. The van der Waals surface area contributed by atoms with Crippen LogP contribution in [0.1, 0.15) is 33.2 Å². The van der Waals surface area contributed by atoms with Crippen LogP contribution in [0.2, 0.25) is 0 Å². The Bertz CT molecular complexity index is 401. The van der Waals surface area contributed by atoms with Crippen LogP contribution >= 0.6 is 0 Å². The summed E-state index contributed by atoms with van der Waals surface area (Å²) in [6, 6.07) is 3.34. The number of carboxylic acids is 1. The van der Waals surface area contributed by atoms with Crippen molar-refractivity contribution in [1.82, 2.24) is 5.32 Å². The molecule has 0 saturated heterocycles. The van der Waals surface area contributed by atoms with Crippen LogP contribution in [0.25, 0.3) is 0 Å². The third-order valence-corrected chi connectivity index (χ3v) is 2.60. The lowest BCUT2D eigenvalue weighted by atomic mass is 9.96. The van der Waals surface area contributed by atoms with Crippen molar-refractivity contribution in [3.8, 4) is 0 Å². The van der Waals surface area contributed by atoms with E-state index in [2.05, 4.69) is 5.32 Å². The molecule has 0 saturated carbocycles. The highest BCUT2D eigenvalue weighted by Gasteiger charge is 2.15. The Morgan fingerprint density at radius 3 is 2.50 bits per heavy atom. The van der Waals surface area contributed by atoms with E-state index in [1.54, 1.807) is 26.1 Å². The van der Waals surface area contributed by atoms with Gasteiger partial charge >= 0.3 is 5.97 Å². The largest absolute Gasteiger partial charge is 0.478 e. The van der Waals surface area contributed by atoms with E-state index in [1.807, 2.05) is 6.92 Å². The number of carboxylic acid groups (broad SMARTS) is 1. The fourth-order valence-electron chi connectivity index (χ4n) is 1.76. The molecule has 3 N–H and O–H groups in total. The Morgan fingerprint density at radius 2 is 2.00 bits per heavy atom. The zero-order valence-electron chi connectivity index (χ0n) is 9.74. The quantitative estimate of drug-likeness (QED) is 0.718. The summed E-state index contributed by atoms with van der Waals surface area (Å²) in [5, 5.41) is 21.7. The number of aromatic carboxylic acids is 1. The summed E-state index contributed by atoms with van der Waals surface area (Å²) in [5.41, 5.74) is 2.53. The zero-order chi connectivity index (χ0) is 12.3. The van der Waals surface area contributed by atoms with Crippen molar-refractivity contribution in [2.75, 3.05) is 13.6 Å². The molecule has 0 spiro atoms. The van der Waals surface area contributed by atoms with Gasteiger partial charge in [-0.3, -0.25) is 0 Å². The fraction of sp³-hybridized carbons (Fsp3) is 0.417. The van der Waals surface area contributed by atoms with Crippen LogP contribution in [-0.4, -0.2) is 29.8 Å². The highest BCUT2D eigenvalue weighted by atomic mass is 16.4. The van der Waals surface area contributed by atoms with Crippen LogP contribution in [0, 0.1) is 13.8 Å². The molecule has 1 aromatic carbocycles. The minimum atomic E-state index is -0.963. The lowest BCUT2D eigenvalue weighted by molar-refractivity contribution is 0.0695. The number of aliphatic hydroxyl groups excluding tert-OH is 1. The SMILES string of the molecule is CNCC(O)c1cc(C(=O)O)c(C)cc1C. The summed E-state index contributed by atoms with van der Waals surface area (Å²) >= 11 is 0. The topological polar surface area (TPSA) is 69.6 Å². The number of hydrogen-bond donors (Lipinski definition) is 3. The summed E-state index contributed by atoms with van der Waals surface area (Å²) < 4.78 is 0. The number of hydrogen-bond acceptors (Lipinski definition) is 3. The van der Waals surface area contributed by atoms with E-state index in [1.165, 1.54) is 0 Å². The molecule has 0 fully saturated rings. The molecule has 0 aromatic heterocycles. The first-order valence-corrected chi connectivity index (χ1v) is 5.14. The lowest BCUT2D eigenvalue weighted by Gasteiger charge is -2.15. The van der Waals surface area contributed by atoms with Crippen molar-refractivity contribution < 1.29 is 15.0 Å². The van der Waals surface area contributed by atoms with Gasteiger partial charge in [0.05, 0.1) is 11.7 Å². The summed E-state index contributed by atoms with van der Waals surface area (Å²) in [5.74, 6) is -0.963. The molecule has 16 heavy (non-hydrogen) atoms. The molecular weight excluding hydrogens is 206 g/mol. The van der Waals surface area contributed by atoms with Crippen LogP contribution in [0.5, 0.6) is 0 Å². The van der Waals surface area contributed by atoms with Crippen molar-refractivity contribution in [2.45, 2.75) is 20.0 Å². The van der Waals surface area contributed by atoms with Gasteiger partial charge in [0.25, 0.3) is 0 Å². The molecule has 1 aromatic rings. The normalized spacial score (nSPS) is 12.5. The molecule has 1 atom stereocenters. The molecule has 4 heteroatoms. The predicted octanol–water partition coefficient (Wildman–Crippen LogP) is 1.25. The molecule has 1 unspecified atom stereocenters. The van der Waals surface area contributed by atoms with Crippen LogP contribution in [0.3, 0.4) is 0 Å². The summed E-state index contributed by atoms with van der Waals surface area (Å²) in [6.45, 7) is 4.03. The minimum Gasteiger partial charge on any atom is -0.478 e. The van der Waals surface area contributed by atoms with E-state index in [0.717, 1.165) is 5.56 Å². The van der Waals surface area contributed by atoms with Gasteiger partial charge in [0.15, 0.2) is 0 Å². The number of carbonyl (C=O) groups is 1. The second-order valence-corrected chi connectivity index (χ2v) is 3.90. The number of rotatable bonds is 4. The molecule has 0 bridgehead atoms. The van der Waals surface area contributed by atoms with Gasteiger partial charge in [0.2, 0.25) is 0 Å².